The molecule has 2 nitrogen and oxygen atoms in total. The summed E-state index contributed by atoms with van der Waals surface area (Å²) < 4.78 is 1.20. The van der Waals surface area contributed by atoms with Gasteiger partial charge in [0.2, 0.25) is 0 Å². The van der Waals surface area contributed by atoms with Crippen LogP contribution in [0.4, 0.5) is 0 Å². The normalized spacial score (nSPS) is 11.4. The third-order valence-electron chi connectivity index (χ3n) is 3.40. The summed E-state index contributed by atoms with van der Waals surface area (Å²) >= 11 is 5.31. The van der Waals surface area contributed by atoms with E-state index in [9.17, 15) is 0 Å². The number of nitrogens with one attached hydrogen (secondary N) is 1. The van der Waals surface area contributed by atoms with Gasteiger partial charge in [0.15, 0.2) is 0 Å². The number of hydrogen-bond donors (Lipinski definition) is 1. The third kappa shape index (κ3) is 8.40. The number of unbranched alkanes of at least 4 members (excludes halogenated alkanes) is 2. The minimum Gasteiger partial charge on any atom is -0.312 e. The van der Waals surface area contributed by atoms with E-state index in [2.05, 4.69) is 51.4 Å². The maximum absolute atomic E-state index is 3.55. The van der Waals surface area contributed by atoms with E-state index in [1.165, 1.54) is 61.1 Å². The molecule has 0 atom stereocenters. The summed E-state index contributed by atoms with van der Waals surface area (Å²) in [5.74, 6) is 0. The zero-order valence-corrected chi connectivity index (χ0v) is 15.4. The molecule has 0 saturated heterocycles. The SMILES string of the molecule is CCCCN(CCCC)CCCNCc1cc(Br)cs1. The van der Waals surface area contributed by atoms with Gasteiger partial charge in [-0.05, 0) is 67.4 Å². The Morgan fingerprint density at radius 2 is 1.75 bits per heavy atom. The van der Waals surface area contributed by atoms with Crippen LogP contribution in [0.25, 0.3) is 0 Å². The van der Waals surface area contributed by atoms with Crippen LogP contribution in [0.3, 0.4) is 0 Å². The highest BCUT2D eigenvalue weighted by Gasteiger charge is 2.03. The molecule has 1 heterocycles. The molecular weight excluding hydrogens is 332 g/mol. The first-order valence-corrected chi connectivity index (χ1v) is 9.59. The molecule has 1 rings (SSSR count). The first-order valence-electron chi connectivity index (χ1n) is 7.92. The molecule has 0 saturated carbocycles. The van der Waals surface area contributed by atoms with Crippen LogP contribution in [0, 0.1) is 0 Å². The predicted molar refractivity (Wildman–Crippen MR) is 94.6 cm³/mol. The lowest BCUT2D eigenvalue weighted by Gasteiger charge is -2.21. The standard InChI is InChI=1S/C16H29BrN2S/c1-3-5-9-19(10-6-4-2)11-7-8-18-13-16-12-15(17)14-20-16/h12,14,18H,3-11,13H2,1-2H3. The van der Waals surface area contributed by atoms with Gasteiger partial charge >= 0.3 is 0 Å². The zero-order chi connectivity index (χ0) is 14.6. The largest absolute Gasteiger partial charge is 0.312 e. The monoisotopic (exact) mass is 360 g/mol. The molecule has 0 radical (unpaired) electrons. The van der Waals surface area contributed by atoms with Crippen molar-refractivity contribution < 1.29 is 0 Å². The van der Waals surface area contributed by atoms with Gasteiger partial charge in [-0.2, -0.15) is 0 Å². The van der Waals surface area contributed by atoms with Crippen LogP contribution in [-0.2, 0) is 6.54 Å². The van der Waals surface area contributed by atoms with Crippen molar-refractivity contribution >= 4 is 27.3 Å². The van der Waals surface area contributed by atoms with Crippen molar-refractivity contribution in [2.75, 3.05) is 26.2 Å². The summed E-state index contributed by atoms with van der Waals surface area (Å²) in [4.78, 5) is 4.04. The van der Waals surface area contributed by atoms with Crippen molar-refractivity contribution in [2.24, 2.45) is 0 Å². The van der Waals surface area contributed by atoms with Crippen LogP contribution < -0.4 is 5.32 Å². The second-order valence-electron chi connectivity index (χ2n) is 5.31. The van der Waals surface area contributed by atoms with Gasteiger partial charge in [0.1, 0.15) is 0 Å². The van der Waals surface area contributed by atoms with Crippen molar-refractivity contribution in [2.45, 2.75) is 52.5 Å². The molecule has 1 N–H and O–H groups in total. The molecule has 0 unspecified atom stereocenters. The van der Waals surface area contributed by atoms with E-state index in [-0.39, 0.29) is 0 Å². The minimum atomic E-state index is 1.00. The van der Waals surface area contributed by atoms with Crippen molar-refractivity contribution in [1.29, 1.82) is 0 Å². The molecule has 1 aromatic heterocycles. The van der Waals surface area contributed by atoms with Gasteiger partial charge in [0.25, 0.3) is 0 Å². The maximum atomic E-state index is 3.55. The lowest BCUT2D eigenvalue weighted by Crippen LogP contribution is -2.29. The van der Waals surface area contributed by atoms with Gasteiger partial charge < -0.3 is 10.2 Å². The van der Waals surface area contributed by atoms with Gasteiger partial charge in [-0.1, -0.05) is 26.7 Å². The molecule has 0 aliphatic heterocycles. The Morgan fingerprint density at radius 3 is 2.30 bits per heavy atom. The molecule has 20 heavy (non-hydrogen) atoms. The summed E-state index contributed by atoms with van der Waals surface area (Å²) in [6, 6.07) is 2.20. The zero-order valence-electron chi connectivity index (χ0n) is 13.0. The Hall–Kier alpha value is 0.1000. The van der Waals surface area contributed by atoms with Gasteiger partial charge in [-0.3, -0.25) is 0 Å². The number of halogens is 1. The van der Waals surface area contributed by atoms with Crippen LogP contribution in [-0.4, -0.2) is 31.1 Å². The minimum absolute atomic E-state index is 1.00. The summed E-state index contributed by atoms with van der Waals surface area (Å²) in [5.41, 5.74) is 0. The van der Waals surface area contributed by atoms with E-state index in [4.69, 9.17) is 0 Å². The maximum Gasteiger partial charge on any atom is 0.0300 e. The highest BCUT2D eigenvalue weighted by molar-refractivity contribution is 9.10. The number of rotatable bonds is 12. The molecular formula is C16H29BrN2S. The van der Waals surface area contributed by atoms with Crippen LogP contribution >= 0.6 is 27.3 Å². The Bertz CT molecular complexity index is 333. The Kier molecular flexibility index (Phi) is 10.6. The summed E-state index contributed by atoms with van der Waals surface area (Å²) in [6.45, 7) is 10.5. The van der Waals surface area contributed by atoms with Crippen LogP contribution in [0.2, 0.25) is 0 Å². The Balaban J connectivity index is 2.09. The number of hydrogen-bond acceptors (Lipinski definition) is 3. The fourth-order valence-electron chi connectivity index (χ4n) is 2.18. The molecule has 0 bridgehead atoms. The third-order valence-corrected chi connectivity index (χ3v) is 5.10. The van der Waals surface area contributed by atoms with E-state index in [0.29, 0.717) is 0 Å². The van der Waals surface area contributed by atoms with Crippen molar-refractivity contribution in [3.63, 3.8) is 0 Å². The van der Waals surface area contributed by atoms with Crippen LogP contribution in [0.15, 0.2) is 15.9 Å². The summed E-state index contributed by atoms with van der Waals surface area (Å²) in [7, 11) is 0. The van der Waals surface area contributed by atoms with E-state index in [1.807, 2.05) is 11.3 Å². The van der Waals surface area contributed by atoms with Gasteiger partial charge in [-0.15, -0.1) is 11.3 Å². The molecule has 1 aromatic rings. The molecule has 0 aromatic carbocycles. The van der Waals surface area contributed by atoms with Crippen molar-refractivity contribution in [3.8, 4) is 0 Å². The lowest BCUT2D eigenvalue weighted by atomic mass is 10.2. The predicted octanol–water partition coefficient (Wildman–Crippen LogP) is 4.89. The topological polar surface area (TPSA) is 15.3 Å². The van der Waals surface area contributed by atoms with Crippen LogP contribution in [0.1, 0.15) is 50.8 Å². The summed E-state index contributed by atoms with van der Waals surface area (Å²) in [6.07, 6.45) is 6.52. The molecule has 0 fully saturated rings. The van der Waals surface area contributed by atoms with E-state index >= 15 is 0 Å². The molecule has 116 valence electrons. The van der Waals surface area contributed by atoms with Crippen LogP contribution in [0.5, 0.6) is 0 Å². The van der Waals surface area contributed by atoms with E-state index < -0.39 is 0 Å². The Labute approximate surface area is 137 Å². The second-order valence-corrected chi connectivity index (χ2v) is 7.22. The molecule has 4 heteroatoms. The van der Waals surface area contributed by atoms with Gasteiger partial charge in [0, 0.05) is 21.3 Å². The Morgan fingerprint density at radius 1 is 1.10 bits per heavy atom. The second kappa shape index (κ2) is 11.7. The number of nitrogens with zero attached hydrogens (tertiary/aromatic N) is 1. The van der Waals surface area contributed by atoms with Gasteiger partial charge in [-0.25, -0.2) is 0 Å². The fourth-order valence-corrected chi connectivity index (χ4v) is 3.61. The molecule has 0 spiro atoms. The summed E-state index contributed by atoms with van der Waals surface area (Å²) in [5, 5.41) is 5.69. The van der Waals surface area contributed by atoms with E-state index in [1.54, 1.807) is 0 Å². The number of thiophene rings is 1. The van der Waals surface area contributed by atoms with E-state index in [0.717, 1.165) is 13.1 Å². The quantitative estimate of drug-likeness (QED) is 0.533. The smallest absolute Gasteiger partial charge is 0.0300 e. The highest BCUT2D eigenvalue weighted by atomic mass is 79.9. The molecule has 0 aliphatic rings. The first-order chi connectivity index (χ1) is 9.76. The van der Waals surface area contributed by atoms with Gasteiger partial charge in [0.05, 0.1) is 0 Å². The van der Waals surface area contributed by atoms with Crippen molar-refractivity contribution in [3.05, 3.63) is 20.8 Å². The molecule has 0 amide bonds. The fraction of sp³-hybridized carbons (Fsp3) is 0.750. The molecule has 0 aliphatic carbocycles. The average molecular weight is 361 g/mol. The lowest BCUT2D eigenvalue weighted by molar-refractivity contribution is 0.261. The highest BCUT2D eigenvalue weighted by Crippen LogP contribution is 2.19. The first kappa shape index (κ1) is 18.1. The van der Waals surface area contributed by atoms with Crippen molar-refractivity contribution in [1.82, 2.24) is 10.2 Å². The average Bonchev–Trinajstić information content (AvgIpc) is 2.86.